The number of aliphatic carboxylic acids is 1. The molecule has 0 aliphatic carbocycles. The van der Waals surface area contributed by atoms with Gasteiger partial charge in [-0.15, -0.1) is 0 Å². The van der Waals surface area contributed by atoms with E-state index in [0.717, 1.165) is 6.20 Å². The highest BCUT2D eigenvalue weighted by Crippen LogP contribution is 2.42. The Hall–Kier alpha value is -4.30. The molecule has 0 aliphatic heterocycles. The number of alkyl halides is 3. The van der Waals surface area contributed by atoms with Crippen LogP contribution in [0.15, 0.2) is 48.7 Å². The highest BCUT2D eigenvalue weighted by Gasteiger charge is 2.34. The Morgan fingerprint density at radius 3 is 2.54 bits per heavy atom. The predicted molar refractivity (Wildman–Crippen MR) is 128 cm³/mol. The number of nitrogens with zero attached hydrogens (tertiary/aromatic N) is 3. The van der Waals surface area contributed by atoms with Crippen molar-refractivity contribution in [1.29, 1.82) is 5.26 Å². The van der Waals surface area contributed by atoms with E-state index in [0.29, 0.717) is 11.8 Å². The smallest absolute Gasteiger partial charge is 0.433 e. The summed E-state index contributed by atoms with van der Waals surface area (Å²) in [4.78, 5) is 29.0. The second kappa shape index (κ2) is 11.2. The first-order valence-electron chi connectivity index (χ1n) is 10.6. The van der Waals surface area contributed by atoms with Crippen LogP contribution in [0.25, 0.3) is 11.1 Å². The largest absolute Gasteiger partial charge is 0.495 e. The van der Waals surface area contributed by atoms with Crippen LogP contribution in [0.1, 0.15) is 28.0 Å². The third-order valence-corrected chi connectivity index (χ3v) is 5.55. The van der Waals surface area contributed by atoms with Gasteiger partial charge >= 0.3 is 12.1 Å². The number of ether oxygens (including phenoxy) is 2. The second-order valence-electron chi connectivity index (χ2n) is 7.55. The molecular weight excluding hydrogens is 515 g/mol. The van der Waals surface area contributed by atoms with Gasteiger partial charge in [0.25, 0.3) is 5.91 Å². The van der Waals surface area contributed by atoms with Gasteiger partial charge in [0.05, 0.1) is 48.0 Å². The summed E-state index contributed by atoms with van der Waals surface area (Å²) in [5.74, 6) is -1.46. The van der Waals surface area contributed by atoms with Crippen LogP contribution in [0.2, 0.25) is 5.02 Å². The minimum atomic E-state index is -4.77. The third-order valence-electron chi connectivity index (χ3n) is 5.23. The lowest BCUT2D eigenvalue weighted by atomic mass is 9.97. The van der Waals surface area contributed by atoms with Gasteiger partial charge in [0, 0.05) is 24.4 Å². The van der Waals surface area contributed by atoms with Crippen LogP contribution in [0, 0.1) is 11.3 Å². The molecule has 1 N–H and O–H groups in total. The number of para-hydroxylation sites is 2. The van der Waals surface area contributed by atoms with Crippen molar-refractivity contribution in [2.24, 2.45) is 0 Å². The number of nitriles is 1. The highest BCUT2D eigenvalue weighted by atomic mass is 35.5. The van der Waals surface area contributed by atoms with Crippen LogP contribution >= 0.6 is 11.6 Å². The number of amides is 1. The molecule has 2 aromatic carbocycles. The zero-order valence-electron chi connectivity index (χ0n) is 19.5. The number of carboxylic acids is 1. The van der Waals surface area contributed by atoms with Gasteiger partial charge in [0.15, 0.2) is 0 Å². The normalized spacial score (nSPS) is 10.9. The molecule has 37 heavy (non-hydrogen) atoms. The second-order valence-corrected chi connectivity index (χ2v) is 7.96. The minimum Gasteiger partial charge on any atom is -0.495 e. The Morgan fingerprint density at radius 1 is 1.22 bits per heavy atom. The van der Waals surface area contributed by atoms with Crippen molar-refractivity contribution in [2.45, 2.75) is 12.6 Å². The summed E-state index contributed by atoms with van der Waals surface area (Å²) in [6.45, 7) is -0.124. The number of hydrogen-bond donors (Lipinski definition) is 1. The fourth-order valence-corrected chi connectivity index (χ4v) is 3.74. The number of benzene rings is 2. The first-order chi connectivity index (χ1) is 17.5. The summed E-state index contributed by atoms with van der Waals surface area (Å²) >= 11 is 6.35. The molecule has 192 valence electrons. The molecule has 12 heteroatoms. The number of carbonyl (C=O) groups is 2. The number of carboxylic acid groups (broad SMARTS) is 1. The van der Waals surface area contributed by atoms with E-state index in [-0.39, 0.29) is 51.8 Å². The lowest BCUT2D eigenvalue weighted by molar-refractivity contribution is -0.141. The van der Waals surface area contributed by atoms with Gasteiger partial charge in [0.2, 0.25) is 0 Å². The lowest BCUT2D eigenvalue weighted by Gasteiger charge is -2.23. The van der Waals surface area contributed by atoms with Gasteiger partial charge in [-0.2, -0.15) is 18.4 Å². The number of halogens is 4. The minimum absolute atomic E-state index is 0.00599. The van der Waals surface area contributed by atoms with Gasteiger partial charge in [0.1, 0.15) is 17.2 Å². The molecule has 0 spiro atoms. The summed E-state index contributed by atoms with van der Waals surface area (Å²) in [5.41, 5.74) is -1.33. The van der Waals surface area contributed by atoms with Crippen molar-refractivity contribution in [3.05, 3.63) is 70.5 Å². The summed E-state index contributed by atoms with van der Waals surface area (Å²) in [7, 11) is 2.70. The quantitative estimate of drug-likeness (QED) is 0.410. The third kappa shape index (κ3) is 5.92. The van der Waals surface area contributed by atoms with E-state index in [4.69, 9.17) is 26.2 Å². The highest BCUT2D eigenvalue weighted by molar-refractivity contribution is 6.34. The Kier molecular flexibility index (Phi) is 8.24. The molecular formula is C25H19ClF3N3O5. The fourth-order valence-electron chi connectivity index (χ4n) is 3.49. The molecule has 0 bridgehead atoms. The van der Waals surface area contributed by atoms with Gasteiger partial charge in [-0.25, -0.2) is 0 Å². The zero-order chi connectivity index (χ0) is 27.3. The van der Waals surface area contributed by atoms with Crippen LogP contribution in [0.3, 0.4) is 0 Å². The van der Waals surface area contributed by atoms with Crippen LogP contribution in [-0.2, 0) is 11.0 Å². The van der Waals surface area contributed by atoms with Crippen LogP contribution in [-0.4, -0.2) is 42.7 Å². The lowest BCUT2D eigenvalue weighted by Crippen LogP contribution is -2.27. The van der Waals surface area contributed by atoms with Crippen LogP contribution < -0.4 is 14.4 Å². The SMILES string of the molecule is COc1c(C(=O)N(C)c2ccccc2OCCC(=O)O)ccc(Cl)c1-c1cnc(C(F)(F)F)cc1C#N. The molecule has 0 atom stereocenters. The van der Waals surface area contributed by atoms with Gasteiger partial charge in [-0.3, -0.25) is 14.6 Å². The average Bonchev–Trinajstić information content (AvgIpc) is 2.86. The maximum Gasteiger partial charge on any atom is 0.433 e. The summed E-state index contributed by atoms with van der Waals surface area (Å²) in [5, 5.41) is 18.4. The molecule has 3 aromatic rings. The van der Waals surface area contributed by atoms with Crippen molar-refractivity contribution < 1.29 is 37.3 Å². The number of rotatable bonds is 8. The topological polar surface area (TPSA) is 113 Å². The Bertz CT molecular complexity index is 1390. The standard InChI is InChI=1S/C25H19ClF3N3O5/c1-32(18-5-3-4-6-19(18)37-10-9-21(33)34)24(35)15-7-8-17(26)22(23(15)36-2)16-13-31-20(25(27,28)29)11-14(16)12-30/h3-8,11,13H,9-10H2,1-2H3,(H,33,34). The monoisotopic (exact) mass is 533 g/mol. The van der Waals surface area contributed by atoms with E-state index in [1.165, 1.54) is 31.2 Å². The molecule has 0 saturated heterocycles. The summed E-state index contributed by atoms with van der Waals surface area (Å²) in [6, 6.07) is 11.5. The number of methoxy groups -OCH3 is 1. The number of carbonyl (C=O) groups excluding carboxylic acids is 1. The van der Waals surface area contributed by atoms with E-state index in [1.54, 1.807) is 30.3 Å². The molecule has 1 aromatic heterocycles. The number of pyridine rings is 1. The molecule has 3 rings (SSSR count). The predicted octanol–water partition coefficient (Wildman–Crippen LogP) is 5.43. The van der Waals surface area contributed by atoms with Crippen molar-refractivity contribution >= 4 is 29.2 Å². The maximum absolute atomic E-state index is 13.5. The molecule has 0 unspecified atom stereocenters. The molecule has 0 fully saturated rings. The molecule has 1 amide bonds. The Morgan fingerprint density at radius 2 is 1.92 bits per heavy atom. The van der Waals surface area contributed by atoms with Crippen molar-refractivity contribution in [3.8, 4) is 28.7 Å². The summed E-state index contributed by atoms with van der Waals surface area (Å²) in [6.07, 6.45) is -4.16. The van der Waals surface area contributed by atoms with Gasteiger partial charge < -0.3 is 19.5 Å². The van der Waals surface area contributed by atoms with E-state index in [1.807, 2.05) is 0 Å². The fraction of sp³-hybridized carbons (Fsp3) is 0.200. The van der Waals surface area contributed by atoms with E-state index in [9.17, 15) is 28.0 Å². The van der Waals surface area contributed by atoms with Crippen LogP contribution in [0.4, 0.5) is 18.9 Å². The average molecular weight is 534 g/mol. The van der Waals surface area contributed by atoms with Gasteiger partial charge in [-0.05, 0) is 30.3 Å². The molecule has 0 aliphatic rings. The molecule has 0 radical (unpaired) electrons. The maximum atomic E-state index is 13.5. The van der Waals surface area contributed by atoms with Gasteiger partial charge in [-0.1, -0.05) is 23.7 Å². The summed E-state index contributed by atoms with van der Waals surface area (Å²) < 4.78 is 50.3. The Labute approximate surface area is 214 Å². The van der Waals surface area contributed by atoms with Crippen LogP contribution in [0.5, 0.6) is 11.5 Å². The van der Waals surface area contributed by atoms with Crippen molar-refractivity contribution in [1.82, 2.24) is 4.98 Å². The number of anilines is 1. The zero-order valence-corrected chi connectivity index (χ0v) is 20.2. The molecule has 1 heterocycles. The number of aromatic nitrogens is 1. The van der Waals surface area contributed by atoms with E-state index < -0.39 is 23.7 Å². The van der Waals surface area contributed by atoms with E-state index >= 15 is 0 Å². The first-order valence-corrected chi connectivity index (χ1v) is 10.9. The molecule has 8 nitrogen and oxygen atoms in total. The molecule has 0 saturated carbocycles. The van der Waals surface area contributed by atoms with Crippen molar-refractivity contribution in [3.63, 3.8) is 0 Å². The number of hydrogen-bond acceptors (Lipinski definition) is 6. The Balaban J connectivity index is 2.08. The first kappa shape index (κ1) is 27.3. The van der Waals surface area contributed by atoms with Crippen molar-refractivity contribution in [2.75, 3.05) is 25.7 Å². The van der Waals surface area contributed by atoms with E-state index in [2.05, 4.69) is 4.98 Å².